The molecule has 0 nitrogen and oxygen atoms in total. The molecular weight excluding hydrogens is 144 g/mol. The van der Waals surface area contributed by atoms with Crippen LogP contribution in [0.25, 0.3) is 5.57 Å². The number of hydrogen-bond donors (Lipinski definition) is 0. The van der Waals surface area contributed by atoms with E-state index >= 15 is 0 Å². The molecule has 0 saturated heterocycles. The average Bonchev–Trinajstić information content (AvgIpc) is 2.01. The molecule has 12 heavy (non-hydrogen) atoms. The van der Waals surface area contributed by atoms with E-state index in [1.54, 1.807) is 0 Å². The first-order valence-corrected chi connectivity index (χ1v) is 4.53. The van der Waals surface area contributed by atoms with Gasteiger partial charge in [-0.1, -0.05) is 42.8 Å². The van der Waals surface area contributed by atoms with Crippen LogP contribution in [0.15, 0.2) is 30.3 Å². The second kappa shape index (κ2) is 2.78. The maximum Gasteiger partial charge on any atom is -0.0215 e. The van der Waals surface area contributed by atoms with Crippen molar-refractivity contribution in [1.82, 2.24) is 0 Å². The fourth-order valence-corrected chi connectivity index (χ4v) is 1.64. The summed E-state index contributed by atoms with van der Waals surface area (Å²) in [6.07, 6.45) is 3.60. The monoisotopic (exact) mass is 158 g/mol. The molecule has 0 spiro atoms. The molecule has 0 amide bonds. The van der Waals surface area contributed by atoms with Crippen molar-refractivity contribution in [3.8, 4) is 0 Å². The maximum atomic E-state index is 2.35. The van der Waals surface area contributed by atoms with Crippen LogP contribution < -0.4 is 0 Å². The number of aryl methyl sites for hydroxylation is 1. The van der Waals surface area contributed by atoms with Gasteiger partial charge in [0.15, 0.2) is 0 Å². The van der Waals surface area contributed by atoms with Crippen molar-refractivity contribution in [3.05, 3.63) is 41.5 Å². The highest BCUT2D eigenvalue weighted by Crippen LogP contribution is 2.33. The van der Waals surface area contributed by atoms with Gasteiger partial charge in [-0.15, -0.1) is 0 Å². The molecule has 0 fully saturated rings. The van der Waals surface area contributed by atoms with E-state index in [0.717, 1.165) is 5.92 Å². The van der Waals surface area contributed by atoms with Crippen LogP contribution in [0, 0.1) is 12.8 Å². The van der Waals surface area contributed by atoms with Crippen LogP contribution in [0.3, 0.4) is 0 Å². The zero-order chi connectivity index (χ0) is 8.55. The molecule has 1 aliphatic carbocycles. The Morgan fingerprint density at radius 3 is 2.25 bits per heavy atom. The van der Waals surface area contributed by atoms with Crippen LogP contribution in [-0.4, -0.2) is 0 Å². The zero-order valence-electron chi connectivity index (χ0n) is 7.67. The first-order chi connectivity index (χ1) is 5.75. The van der Waals surface area contributed by atoms with Gasteiger partial charge in [-0.05, 0) is 30.4 Å². The smallest absolute Gasteiger partial charge is 0.0215 e. The molecule has 2 rings (SSSR count). The summed E-state index contributed by atoms with van der Waals surface area (Å²) in [7, 11) is 0. The second-order valence-corrected chi connectivity index (χ2v) is 3.74. The van der Waals surface area contributed by atoms with E-state index in [1.165, 1.54) is 23.1 Å². The van der Waals surface area contributed by atoms with Gasteiger partial charge in [-0.25, -0.2) is 0 Å². The van der Waals surface area contributed by atoms with E-state index in [4.69, 9.17) is 0 Å². The van der Waals surface area contributed by atoms with Crippen molar-refractivity contribution in [1.29, 1.82) is 0 Å². The van der Waals surface area contributed by atoms with E-state index in [-0.39, 0.29) is 0 Å². The summed E-state index contributed by atoms with van der Waals surface area (Å²) in [6, 6.07) is 8.79. The molecule has 0 heteroatoms. The molecule has 0 radical (unpaired) electrons. The van der Waals surface area contributed by atoms with Gasteiger partial charge in [-0.2, -0.15) is 0 Å². The van der Waals surface area contributed by atoms with Crippen LogP contribution in [0.4, 0.5) is 0 Å². The predicted octanol–water partition coefficient (Wildman–Crippen LogP) is 3.42. The lowest BCUT2D eigenvalue weighted by Gasteiger charge is -2.21. The second-order valence-electron chi connectivity index (χ2n) is 3.74. The molecule has 0 heterocycles. The van der Waals surface area contributed by atoms with Crippen molar-refractivity contribution in [3.63, 3.8) is 0 Å². The minimum Gasteiger partial charge on any atom is -0.0775 e. The third kappa shape index (κ3) is 1.29. The Labute approximate surface area is 73.9 Å². The van der Waals surface area contributed by atoms with Crippen LogP contribution in [0.5, 0.6) is 0 Å². The van der Waals surface area contributed by atoms with Crippen molar-refractivity contribution >= 4 is 5.57 Å². The highest BCUT2D eigenvalue weighted by atomic mass is 14.2. The summed E-state index contributed by atoms with van der Waals surface area (Å²) in [5, 5.41) is 0. The largest absolute Gasteiger partial charge is 0.0775 e. The van der Waals surface area contributed by atoms with Gasteiger partial charge in [0.2, 0.25) is 0 Å². The van der Waals surface area contributed by atoms with E-state index < -0.39 is 0 Å². The third-order valence-electron chi connectivity index (χ3n) is 2.45. The van der Waals surface area contributed by atoms with Crippen LogP contribution >= 0.6 is 0 Å². The zero-order valence-corrected chi connectivity index (χ0v) is 7.67. The lowest BCUT2D eigenvalue weighted by molar-refractivity contribution is 0.701. The number of hydrogen-bond acceptors (Lipinski definition) is 0. The van der Waals surface area contributed by atoms with Crippen molar-refractivity contribution in [2.24, 2.45) is 5.92 Å². The van der Waals surface area contributed by atoms with Gasteiger partial charge in [0.25, 0.3) is 0 Å². The van der Waals surface area contributed by atoms with Gasteiger partial charge < -0.3 is 0 Å². The normalized spacial score (nSPS) is 21.5. The van der Waals surface area contributed by atoms with Crippen LogP contribution in [-0.2, 0) is 0 Å². The first-order valence-electron chi connectivity index (χ1n) is 4.53. The standard InChI is InChI=1S/C12H14/c1-9-3-5-11(6-4-9)12-7-10(2)8-12/h3-7,10H,8H2,1-2H3. The molecule has 1 unspecified atom stereocenters. The minimum atomic E-state index is 0.793. The molecule has 0 N–H and O–H groups in total. The molecule has 0 aromatic heterocycles. The molecule has 1 aromatic rings. The predicted molar refractivity (Wildman–Crippen MR) is 52.9 cm³/mol. The van der Waals surface area contributed by atoms with Gasteiger partial charge in [0.05, 0.1) is 0 Å². The number of rotatable bonds is 1. The van der Waals surface area contributed by atoms with Gasteiger partial charge in [-0.3, -0.25) is 0 Å². The van der Waals surface area contributed by atoms with E-state index in [0.29, 0.717) is 0 Å². The first kappa shape index (κ1) is 7.60. The fourth-order valence-electron chi connectivity index (χ4n) is 1.64. The lowest BCUT2D eigenvalue weighted by Crippen LogP contribution is -2.04. The van der Waals surface area contributed by atoms with Gasteiger partial charge in [0.1, 0.15) is 0 Å². The van der Waals surface area contributed by atoms with Crippen molar-refractivity contribution in [2.75, 3.05) is 0 Å². The maximum absolute atomic E-state index is 2.35. The molecular formula is C12H14. The van der Waals surface area contributed by atoms with Crippen molar-refractivity contribution in [2.45, 2.75) is 20.3 Å². The highest BCUT2D eigenvalue weighted by molar-refractivity contribution is 5.70. The molecule has 0 bridgehead atoms. The van der Waals surface area contributed by atoms with Crippen LogP contribution in [0.1, 0.15) is 24.5 Å². The summed E-state index contributed by atoms with van der Waals surface area (Å²) in [5.41, 5.74) is 4.26. The lowest BCUT2D eigenvalue weighted by atomic mass is 9.84. The fraction of sp³-hybridized carbons (Fsp3) is 0.333. The molecule has 62 valence electrons. The Bertz CT molecular complexity index is 303. The van der Waals surface area contributed by atoms with Gasteiger partial charge in [0, 0.05) is 0 Å². The third-order valence-corrected chi connectivity index (χ3v) is 2.45. The Hall–Kier alpha value is -1.04. The highest BCUT2D eigenvalue weighted by Gasteiger charge is 2.14. The quantitative estimate of drug-likeness (QED) is 0.587. The molecule has 0 aliphatic heterocycles. The Kier molecular flexibility index (Phi) is 1.76. The Balaban J connectivity index is 2.25. The Morgan fingerprint density at radius 2 is 1.75 bits per heavy atom. The van der Waals surface area contributed by atoms with E-state index in [2.05, 4.69) is 44.2 Å². The summed E-state index contributed by atoms with van der Waals surface area (Å²) < 4.78 is 0. The SMILES string of the molecule is Cc1ccc(C2=CC(C)C2)cc1. The van der Waals surface area contributed by atoms with Crippen molar-refractivity contribution < 1.29 is 0 Å². The summed E-state index contributed by atoms with van der Waals surface area (Å²) in [5.74, 6) is 0.793. The summed E-state index contributed by atoms with van der Waals surface area (Å²) >= 11 is 0. The number of benzene rings is 1. The van der Waals surface area contributed by atoms with E-state index in [9.17, 15) is 0 Å². The summed E-state index contributed by atoms with van der Waals surface area (Å²) in [6.45, 7) is 4.39. The Morgan fingerprint density at radius 1 is 1.17 bits per heavy atom. The average molecular weight is 158 g/mol. The summed E-state index contributed by atoms with van der Waals surface area (Å²) in [4.78, 5) is 0. The molecule has 0 saturated carbocycles. The van der Waals surface area contributed by atoms with Crippen LogP contribution in [0.2, 0.25) is 0 Å². The molecule has 1 aromatic carbocycles. The number of allylic oxidation sites excluding steroid dienone is 2. The topological polar surface area (TPSA) is 0 Å². The van der Waals surface area contributed by atoms with E-state index in [1.807, 2.05) is 0 Å². The van der Waals surface area contributed by atoms with Gasteiger partial charge >= 0.3 is 0 Å². The molecule has 1 atom stereocenters. The minimum absolute atomic E-state index is 0.793. The molecule has 1 aliphatic rings.